The Morgan fingerprint density at radius 2 is 1.89 bits per heavy atom. The quantitative estimate of drug-likeness (QED) is 0.757. The molecule has 0 saturated carbocycles. The van der Waals surface area contributed by atoms with E-state index in [2.05, 4.69) is 10.0 Å². The van der Waals surface area contributed by atoms with Crippen molar-refractivity contribution in [1.82, 2.24) is 10.0 Å². The highest BCUT2D eigenvalue weighted by Gasteiger charge is 2.14. The third kappa shape index (κ3) is 5.18. The first-order chi connectivity index (χ1) is 8.99. The van der Waals surface area contributed by atoms with E-state index in [-0.39, 0.29) is 10.9 Å². The monoisotopic (exact) mass is 286 g/mol. The van der Waals surface area contributed by atoms with Crippen molar-refractivity contribution in [2.45, 2.75) is 31.2 Å². The summed E-state index contributed by atoms with van der Waals surface area (Å²) in [5.41, 5.74) is 0. The second-order valence-corrected chi connectivity index (χ2v) is 6.13. The lowest BCUT2D eigenvalue weighted by Gasteiger charge is -2.12. The van der Waals surface area contributed by atoms with E-state index in [1.807, 2.05) is 13.8 Å². The van der Waals surface area contributed by atoms with Gasteiger partial charge >= 0.3 is 0 Å². The van der Waals surface area contributed by atoms with Crippen molar-refractivity contribution in [2.24, 2.45) is 0 Å². The maximum absolute atomic E-state index is 12.0. The molecule has 1 aromatic rings. The normalized spacial score (nSPS) is 13.2. The predicted octanol–water partition coefficient (Wildman–Crippen LogP) is 1.36. The molecule has 19 heavy (non-hydrogen) atoms. The Kier molecular flexibility index (Phi) is 6.27. The first-order valence-electron chi connectivity index (χ1n) is 6.39. The number of benzene rings is 1. The molecule has 1 aromatic carbocycles. The van der Waals surface area contributed by atoms with Crippen molar-refractivity contribution in [2.75, 3.05) is 20.2 Å². The van der Waals surface area contributed by atoms with Crippen LogP contribution in [0.2, 0.25) is 0 Å². The smallest absolute Gasteiger partial charge is 0.240 e. The van der Waals surface area contributed by atoms with Gasteiger partial charge in [-0.25, -0.2) is 13.1 Å². The van der Waals surface area contributed by atoms with Gasteiger partial charge in [0.05, 0.1) is 11.5 Å². The van der Waals surface area contributed by atoms with Crippen molar-refractivity contribution in [1.29, 1.82) is 0 Å². The van der Waals surface area contributed by atoms with Crippen LogP contribution in [-0.2, 0) is 10.0 Å². The largest absolute Gasteiger partial charge is 0.494 e. The van der Waals surface area contributed by atoms with Gasteiger partial charge in [-0.15, -0.1) is 0 Å². The van der Waals surface area contributed by atoms with Gasteiger partial charge in [0.2, 0.25) is 10.0 Å². The number of sulfonamides is 1. The van der Waals surface area contributed by atoms with E-state index in [1.165, 1.54) is 0 Å². The Labute approximate surface area is 115 Å². The maximum atomic E-state index is 12.0. The van der Waals surface area contributed by atoms with E-state index in [9.17, 15) is 8.42 Å². The van der Waals surface area contributed by atoms with E-state index in [0.717, 1.165) is 6.42 Å². The lowest BCUT2D eigenvalue weighted by Crippen LogP contribution is -2.37. The average Bonchev–Trinajstić information content (AvgIpc) is 2.43. The molecule has 0 aromatic heterocycles. The van der Waals surface area contributed by atoms with Gasteiger partial charge in [-0.2, -0.15) is 0 Å². The van der Waals surface area contributed by atoms with E-state index < -0.39 is 10.0 Å². The zero-order chi connectivity index (χ0) is 14.3. The summed E-state index contributed by atoms with van der Waals surface area (Å²) in [6, 6.07) is 6.54. The first-order valence-corrected chi connectivity index (χ1v) is 7.87. The van der Waals surface area contributed by atoms with Gasteiger partial charge in [-0.05, 0) is 44.7 Å². The van der Waals surface area contributed by atoms with Gasteiger partial charge in [0.1, 0.15) is 5.75 Å². The highest BCUT2D eigenvalue weighted by Crippen LogP contribution is 2.15. The van der Waals surface area contributed by atoms with Crippen molar-refractivity contribution >= 4 is 10.0 Å². The lowest BCUT2D eigenvalue weighted by atomic mass is 10.3. The van der Waals surface area contributed by atoms with Gasteiger partial charge in [-0.3, -0.25) is 0 Å². The Morgan fingerprint density at radius 3 is 2.42 bits per heavy atom. The number of nitrogens with one attached hydrogen (secondary N) is 2. The van der Waals surface area contributed by atoms with Gasteiger partial charge in [0.25, 0.3) is 0 Å². The summed E-state index contributed by atoms with van der Waals surface area (Å²) >= 11 is 0. The molecule has 0 bridgehead atoms. The molecule has 108 valence electrons. The van der Waals surface area contributed by atoms with E-state index in [0.29, 0.717) is 18.9 Å². The van der Waals surface area contributed by atoms with Crippen molar-refractivity contribution in [3.63, 3.8) is 0 Å². The standard InChI is InChI=1S/C13H22N2O3S/c1-4-9-18-12-5-7-13(8-6-12)19(16,17)15-10-11(2)14-3/h5-8,11,14-15H,4,9-10H2,1-3H3. The number of hydrogen-bond donors (Lipinski definition) is 2. The van der Waals surface area contributed by atoms with Crippen LogP contribution in [0.15, 0.2) is 29.2 Å². The molecular formula is C13H22N2O3S. The minimum atomic E-state index is -3.45. The topological polar surface area (TPSA) is 67.4 Å². The Morgan fingerprint density at radius 1 is 1.26 bits per heavy atom. The third-order valence-corrected chi connectivity index (χ3v) is 4.12. The van der Waals surface area contributed by atoms with Crippen LogP contribution in [0.5, 0.6) is 5.75 Å². The fourth-order valence-electron chi connectivity index (χ4n) is 1.36. The molecule has 0 aliphatic carbocycles. The van der Waals surface area contributed by atoms with Crippen LogP contribution in [0.3, 0.4) is 0 Å². The minimum Gasteiger partial charge on any atom is -0.494 e. The second-order valence-electron chi connectivity index (χ2n) is 4.36. The summed E-state index contributed by atoms with van der Waals surface area (Å²) in [4.78, 5) is 0.250. The summed E-state index contributed by atoms with van der Waals surface area (Å²) < 4.78 is 32.0. The van der Waals surface area contributed by atoms with Crippen LogP contribution in [-0.4, -0.2) is 34.7 Å². The van der Waals surface area contributed by atoms with Crippen molar-refractivity contribution in [3.8, 4) is 5.75 Å². The molecule has 1 rings (SSSR count). The molecule has 0 aliphatic rings. The molecule has 2 N–H and O–H groups in total. The third-order valence-electron chi connectivity index (χ3n) is 2.68. The Balaban J connectivity index is 2.68. The van der Waals surface area contributed by atoms with Gasteiger partial charge < -0.3 is 10.1 Å². The average molecular weight is 286 g/mol. The molecule has 1 unspecified atom stereocenters. The molecular weight excluding hydrogens is 264 g/mol. The number of likely N-dealkylation sites (N-methyl/N-ethyl adjacent to an activating group) is 1. The lowest BCUT2D eigenvalue weighted by molar-refractivity contribution is 0.317. The van der Waals surface area contributed by atoms with Crippen molar-refractivity contribution in [3.05, 3.63) is 24.3 Å². The highest BCUT2D eigenvalue weighted by molar-refractivity contribution is 7.89. The zero-order valence-corrected chi connectivity index (χ0v) is 12.5. The molecule has 1 atom stereocenters. The SMILES string of the molecule is CCCOc1ccc(S(=O)(=O)NCC(C)NC)cc1. The summed E-state index contributed by atoms with van der Waals surface area (Å²) in [7, 11) is -1.66. The highest BCUT2D eigenvalue weighted by atomic mass is 32.2. The van der Waals surface area contributed by atoms with Gasteiger partial charge in [0, 0.05) is 12.6 Å². The molecule has 0 fully saturated rings. The van der Waals surface area contributed by atoms with Gasteiger partial charge in [-0.1, -0.05) is 6.92 Å². The zero-order valence-electron chi connectivity index (χ0n) is 11.6. The molecule has 0 amide bonds. The van der Waals surface area contributed by atoms with E-state index >= 15 is 0 Å². The molecule has 0 saturated heterocycles. The summed E-state index contributed by atoms with van der Waals surface area (Å²) in [5.74, 6) is 0.685. The molecule has 6 heteroatoms. The molecule has 0 aliphatic heterocycles. The van der Waals surface area contributed by atoms with Crippen LogP contribution in [0, 0.1) is 0 Å². The van der Waals surface area contributed by atoms with Crippen LogP contribution >= 0.6 is 0 Å². The Hall–Kier alpha value is -1.11. The van der Waals surface area contributed by atoms with E-state index in [4.69, 9.17) is 4.74 Å². The minimum absolute atomic E-state index is 0.0851. The van der Waals surface area contributed by atoms with Gasteiger partial charge in [0.15, 0.2) is 0 Å². The second kappa shape index (κ2) is 7.47. The van der Waals surface area contributed by atoms with Crippen LogP contribution in [0.4, 0.5) is 0 Å². The maximum Gasteiger partial charge on any atom is 0.240 e. The molecule has 0 radical (unpaired) electrons. The van der Waals surface area contributed by atoms with E-state index in [1.54, 1.807) is 31.3 Å². The fraction of sp³-hybridized carbons (Fsp3) is 0.538. The van der Waals surface area contributed by atoms with Crippen molar-refractivity contribution < 1.29 is 13.2 Å². The van der Waals surface area contributed by atoms with Crippen LogP contribution in [0.25, 0.3) is 0 Å². The molecule has 5 nitrogen and oxygen atoms in total. The molecule has 0 heterocycles. The number of hydrogen-bond acceptors (Lipinski definition) is 4. The summed E-state index contributed by atoms with van der Waals surface area (Å²) in [6.07, 6.45) is 0.920. The molecule has 0 spiro atoms. The number of ether oxygens (including phenoxy) is 1. The number of rotatable bonds is 8. The fourth-order valence-corrected chi connectivity index (χ4v) is 2.49. The first kappa shape index (κ1) is 15.9. The predicted molar refractivity (Wildman–Crippen MR) is 75.9 cm³/mol. The summed E-state index contributed by atoms with van der Waals surface area (Å²) in [6.45, 7) is 4.91. The summed E-state index contributed by atoms with van der Waals surface area (Å²) in [5, 5.41) is 2.97. The van der Waals surface area contributed by atoms with Crippen LogP contribution in [0.1, 0.15) is 20.3 Å². The van der Waals surface area contributed by atoms with Crippen LogP contribution < -0.4 is 14.8 Å². The Bertz CT molecular complexity index is 471.